The molecule has 0 aliphatic carbocycles. The monoisotopic (exact) mass is 405 g/mol. The van der Waals surface area contributed by atoms with Gasteiger partial charge in [0.25, 0.3) is 5.91 Å². The Kier molecular flexibility index (Phi) is 6.96. The zero-order valence-corrected chi connectivity index (χ0v) is 16.7. The highest BCUT2D eigenvalue weighted by Crippen LogP contribution is 2.27. The van der Waals surface area contributed by atoms with Crippen molar-refractivity contribution >= 4 is 30.4 Å². The quantitative estimate of drug-likeness (QED) is 0.624. The van der Waals surface area contributed by atoms with Crippen LogP contribution in [0.1, 0.15) is 37.7 Å². The van der Waals surface area contributed by atoms with Crippen LogP contribution < -0.4 is 5.32 Å². The molecule has 1 aromatic carbocycles. The van der Waals surface area contributed by atoms with Crippen LogP contribution in [0.5, 0.6) is 0 Å². The van der Waals surface area contributed by atoms with Gasteiger partial charge in [0, 0.05) is 12.6 Å². The maximum absolute atomic E-state index is 13.0. The fraction of sp³-hybridized carbons (Fsp3) is 0.550. The van der Waals surface area contributed by atoms with Crippen LogP contribution in [0.15, 0.2) is 30.3 Å². The highest BCUT2D eigenvalue weighted by Gasteiger charge is 2.39. The van der Waals surface area contributed by atoms with Crippen LogP contribution in [0.4, 0.5) is 0 Å². The highest BCUT2D eigenvalue weighted by molar-refractivity contribution is 7.81. The second-order valence-electron chi connectivity index (χ2n) is 7.45. The number of aliphatic carboxylic acids is 1. The number of thiol groups is 1. The molecular weight excluding hydrogens is 378 g/mol. The lowest BCUT2D eigenvalue weighted by Gasteiger charge is -2.41. The molecule has 2 heterocycles. The molecule has 2 amide bonds. The van der Waals surface area contributed by atoms with Gasteiger partial charge in [0.05, 0.1) is 5.25 Å². The van der Waals surface area contributed by atoms with Crippen molar-refractivity contribution in [3.63, 3.8) is 0 Å². The Balaban J connectivity index is 1.68. The average Bonchev–Trinajstić information content (AvgIpc) is 2.81. The number of fused-ring (bicyclic) bond motifs is 1. The summed E-state index contributed by atoms with van der Waals surface area (Å²) in [5.74, 6) is -1.71. The van der Waals surface area contributed by atoms with Crippen molar-refractivity contribution in [2.24, 2.45) is 0 Å². The summed E-state index contributed by atoms with van der Waals surface area (Å²) in [4.78, 5) is 37.0. The molecule has 2 saturated heterocycles. The molecule has 2 aliphatic heterocycles. The molecule has 152 valence electrons. The van der Waals surface area contributed by atoms with Crippen molar-refractivity contribution in [1.29, 1.82) is 0 Å². The van der Waals surface area contributed by atoms with Gasteiger partial charge in [0.1, 0.15) is 12.6 Å². The second-order valence-corrected chi connectivity index (χ2v) is 8.07. The standard InChI is InChI=1S/C20H27N3O4S/c24-18(25)13-23-20(27)16(10-9-15-8-4-5-11-22(15)23)21-19(26)17(28)12-14-6-2-1-3-7-14/h1-3,6-7,15-17,28H,4-5,8-13H2,(H,21,26)(H,24,25)/t15-,16-,17-/m1/s1. The number of carbonyl (C=O) groups is 3. The van der Waals surface area contributed by atoms with Crippen LogP contribution in [-0.4, -0.2) is 63.3 Å². The van der Waals surface area contributed by atoms with Crippen LogP contribution in [0.25, 0.3) is 0 Å². The Morgan fingerprint density at radius 3 is 2.64 bits per heavy atom. The molecule has 3 atom stereocenters. The number of carbonyl (C=O) groups excluding carboxylic acids is 2. The van der Waals surface area contributed by atoms with Gasteiger partial charge in [0.2, 0.25) is 5.91 Å². The molecule has 8 heteroatoms. The number of nitrogens with one attached hydrogen (secondary N) is 1. The van der Waals surface area contributed by atoms with E-state index < -0.39 is 17.3 Å². The number of hydrogen-bond donors (Lipinski definition) is 3. The molecule has 0 unspecified atom stereocenters. The van der Waals surface area contributed by atoms with E-state index in [9.17, 15) is 19.5 Å². The predicted molar refractivity (Wildman–Crippen MR) is 108 cm³/mol. The lowest BCUT2D eigenvalue weighted by Crippen LogP contribution is -2.57. The molecular formula is C20H27N3O4S. The van der Waals surface area contributed by atoms with Crippen LogP contribution in [0.3, 0.4) is 0 Å². The van der Waals surface area contributed by atoms with E-state index in [1.54, 1.807) is 0 Å². The number of benzene rings is 1. The minimum absolute atomic E-state index is 0.148. The molecule has 1 aromatic rings. The number of nitrogens with zero attached hydrogens (tertiary/aromatic N) is 2. The van der Waals surface area contributed by atoms with E-state index in [-0.39, 0.29) is 24.4 Å². The maximum Gasteiger partial charge on any atom is 0.324 e. The Morgan fingerprint density at radius 1 is 1.18 bits per heavy atom. The summed E-state index contributed by atoms with van der Waals surface area (Å²) >= 11 is 4.41. The fourth-order valence-electron chi connectivity index (χ4n) is 4.01. The zero-order valence-electron chi connectivity index (χ0n) is 15.8. The van der Waals surface area contributed by atoms with Crippen molar-refractivity contribution in [1.82, 2.24) is 15.3 Å². The smallest absolute Gasteiger partial charge is 0.324 e. The van der Waals surface area contributed by atoms with Gasteiger partial charge in [-0.15, -0.1) is 0 Å². The number of carboxylic acids is 1. The molecule has 28 heavy (non-hydrogen) atoms. The van der Waals surface area contributed by atoms with Gasteiger partial charge in [-0.2, -0.15) is 12.6 Å². The third-order valence-corrected chi connectivity index (χ3v) is 5.84. The third kappa shape index (κ3) is 5.05. The summed E-state index contributed by atoms with van der Waals surface area (Å²) in [5, 5.41) is 14.7. The molecule has 0 spiro atoms. The van der Waals surface area contributed by atoms with Gasteiger partial charge in [-0.25, -0.2) is 5.01 Å². The first-order chi connectivity index (χ1) is 13.5. The van der Waals surface area contributed by atoms with Gasteiger partial charge in [-0.3, -0.25) is 19.4 Å². The van der Waals surface area contributed by atoms with Crippen molar-refractivity contribution < 1.29 is 19.5 Å². The van der Waals surface area contributed by atoms with Crippen molar-refractivity contribution in [3.8, 4) is 0 Å². The molecule has 0 saturated carbocycles. The van der Waals surface area contributed by atoms with E-state index in [4.69, 9.17) is 0 Å². The predicted octanol–water partition coefficient (Wildman–Crippen LogP) is 1.49. The minimum atomic E-state index is -1.05. The van der Waals surface area contributed by atoms with Gasteiger partial charge in [-0.1, -0.05) is 36.8 Å². The van der Waals surface area contributed by atoms with Crippen molar-refractivity contribution in [2.75, 3.05) is 13.1 Å². The largest absolute Gasteiger partial charge is 0.480 e. The Bertz CT molecular complexity index is 715. The topological polar surface area (TPSA) is 90.0 Å². The molecule has 0 aromatic heterocycles. The van der Waals surface area contributed by atoms with E-state index in [0.29, 0.717) is 19.4 Å². The molecule has 0 radical (unpaired) electrons. The molecule has 2 aliphatic rings. The number of carboxylic acid groups (broad SMARTS) is 1. The van der Waals surface area contributed by atoms with Gasteiger partial charge < -0.3 is 10.4 Å². The van der Waals surface area contributed by atoms with Crippen LogP contribution in [-0.2, 0) is 20.8 Å². The van der Waals surface area contributed by atoms with Crippen LogP contribution in [0.2, 0.25) is 0 Å². The summed E-state index contributed by atoms with van der Waals surface area (Å²) in [6.45, 7) is 0.295. The molecule has 2 N–H and O–H groups in total. The maximum atomic E-state index is 13.0. The summed E-state index contributed by atoms with van der Waals surface area (Å²) in [7, 11) is 0. The number of amides is 2. The van der Waals surface area contributed by atoms with Gasteiger partial charge in [0.15, 0.2) is 0 Å². The van der Waals surface area contributed by atoms with Gasteiger partial charge >= 0.3 is 5.97 Å². The Labute approximate surface area is 170 Å². The van der Waals surface area contributed by atoms with Crippen LogP contribution >= 0.6 is 12.6 Å². The van der Waals surface area contributed by atoms with E-state index in [1.807, 2.05) is 35.3 Å². The van der Waals surface area contributed by atoms with Gasteiger partial charge in [-0.05, 0) is 37.7 Å². The zero-order chi connectivity index (χ0) is 20.1. The first-order valence-electron chi connectivity index (χ1n) is 9.78. The summed E-state index contributed by atoms with van der Waals surface area (Å²) < 4.78 is 0. The fourth-order valence-corrected chi connectivity index (χ4v) is 4.30. The first kappa shape index (κ1) is 20.7. The summed E-state index contributed by atoms with van der Waals surface area (Å²) in [5.41, 5.74) is 0.995. The van der Waals surface area contributed by atoms with E-state index in [2.05, 4.69) is 17.9 Å². The Morgan fingerprint density at radius 2 is 1.93 bits per heavy atom. The number of hydrogen-bond acceptors (Lipinski definition) is 5. The summed E-state index contributed by atoms with van der Waals surface area (Å²) in [6.07, 6.45) is 4.67. The lowest BCUT2D eigenvalue weighted by molar-refractivity contribution is -0.165. The normalized spacial score (nSPS) is 24.2. The van der Waals surface area contributed by atoms with E-state index in [0.717, 1.165) is 31.2 Å². The number of hydrazine groups is 1. The Hall–Kier alpha value is -2.06. The van der Waals surface area contributed by atoms with E-state index >= 15 is 0 Å². The molecule has 3 rings (SSSR count). The molecule has 0 bridgehead atoms. The average molecular weight is 406 g/mol. The van der Waals surface area contributed by atoms with Crippen molar-refractivity contribution in [2.45, 2.75) is 55.9 Å². The van der Waals surface area contributed by atoms with Crippen LogP contribution in [0, 0.1) is 0 Å². The summed E-state index contributed by atoms with van der Waals surface area (Å²) in [6, 6.07) is 9.01. The van der Waals surface area contributed by atoms with E-state index in [1.165, 1.54) is 5.01 Å². The first-order valence-corrected chi connectivity index (χ1v) is 10.3. The molecule has 2 fully saturated rings. The SMILES string of the molecule is O=C(O)CN1C(=O)[C@H](NC(=O)[C@H](S)Cc2ccccc2)CC[C@H]2CCCCN21. The lowest BCUT2D eigenvalue weighted by atomic mass is 9.98. The number of rotatable bonds is 6. The third-order valence-electron chi connectivity index (χ3n) is 5.42. The van der Waals surface area contributed by atoms with Crippen molar-refractivity contribution in [3.05, 3.63) is 35.9 Å². The molecule has 7 nitrogen and oxygen atoms in total. The number of piperidine rings is 1. The highest BCUT2D eigenvalue weighted by atomic mass is 32.1. The second kappa shape index (κ2) is 9.43. The minimum Gasteiger partial charge on any atom is -0.480 e.